The fourth-order valence-electron chi connectivity index (χ4n) is 2.84. The molecule has 6 heteroatoms. The molecule has 0 spiro atoms. The molecule has 1 amide bonds. The number of esters is 1. The van der Waals surface area contributed by atoms with Crippen LogP contribution in [0.15, 0.2) is 18.2 Å². The number of hydrogen-bond acceptors (Lipinski definition) is 5. The number of carbonyl (C=O) groups excluding carboxylic acids is 2. The van der Waals surface area contributed by atoms with Crippen LogP contribution in [0.2, 0.25) is 0 Å². The highest BCUT2D eigenvalue weighted by atomic mass is 16.5. The van der Waals surface area contributed by atoms with Crippen LogP contribution >= 0.6 is 0 Å². The summed E-state index contributed by atoms with van der Waals surface area (Å²) in [6, 6.07) is 4.07. The maximum Gasteiger partial charge on any atom is 0.331 e. The highest BCUT2D eigenvalue weighted by Crippen LogP contribution is 2.35. The largest absolute Gasteiger partial charge is 0.493 e. The zero-order chi connectivity index (χ0) is 18.7. The van der Waals surface area contributed by atoms with E-state index in [1.54, 1.807) is 13.0 Å². The van der Waals surface area contributed by atoms with E-state index in [9.17, 15) is 9.59 Å². The van der Waals surface area contributed by atoms with Crippen molar-refractivity contribution in [3.05, 3.63) is 29.3 Å². The highest BCUT2D eigenvalue weighted by molar-refractivity contribution is 5.91. The van der Waals surface area contributed by atoms with Gasteiger partial charge in [0.25, 0.3) is 5.91 Å². The lowest BCUT2D eigenvalue weighted by Gasteiger charge is -2.12. The molecule has 6 nitrogen and oxygen atoms in total. The van der Waals surface area contributed by atoms with E-state index >= 15 is 0 Å². The first-order valence-corrected chi connectivity index (χ1v) is 9.11. The molecule has 1 aromatic rings. The van der Waals surface area contributed by atoms with Gasteiger partial charge in [0.1, 0.15) is 17.6 Å². The van der Waals surface area contributed by atoms with Crippen molar-refractivity contribution in [1.82, 2.24) is 5.32 Å². The van der Waals surface area contributed by atoms with Gasteiger partial charge in [-0.05, 0) is 51.8 Å². The number of ether oxygens (including phenoxy) is 3. The van der Waals surface area contributed by atoms with Gasteiger partial charge in [-0.25, -0.2) is 4.79 Å². The van der Waals surface area contributed by atoms with E-state index in [1.165, 1.54) is 6.08 Å². The molecule has 1 fully saturated rings. The summed E-state index contributed by atoms with van der Waals surface area (Å²) in [4.78, 5) is 23.9. The van der Waals surface area contributed by atoms with Crippen molar-refractivity contribution in [2.24, 2.45) is 0 Å². The molecule has 0 bridgehead atoms. The third-order valence-electron chi connectivity index (χ3n) is 4.31. The minimum atomic E-state index is -0.816. The molecule has 0 saturated heterocycles. The lowest BCUT2D eigenvalue weighted by atomic mass is 10.1. The van der Waals surface area contributed by atoms with Gasteiger partial charge in [-0.3, -0.25) is 4.79 Å². The molecule has 1 aromatic carbocycles. The first kappa shape index (κ1) is 18.3. The summed E-state index contributed by atoms with van der Waals surface area (Å²) >= 11 is 0. The van der Waals surface area contributed by atoms with Crippen molar-refractivity contribution >= 4 is 18.0 Å². The van der Waals surface area contributed by atoms with E-state index in [0.29, 0.717) is 12.4 Å². The van der Waals surface area contributed by atoms with Gasteiger partial charge in [-0.15, -0.1) is 0 Å². The third kappa shape index (κ3) is 4.56. The van der Waals surface area contributed by atoms with Gasteiger partial charge < -0.3 is 19.5 Å². The van der Waals surface area contributed by atoms with Crippen molar-refractivity contribution in [3.63, 3.8) is 0 Å². The molecule has 0 unspecified atom stereocenters. The minimum absolute atomic E-state index is 0.134. The predicted molar refractivity (Wildman–Crippen MR) is 97.2 cm³/mol. The summed E-state index contributed by atoms with van der Waals surface area (Å²) in [7, 11) is 0. The van der Waals surface area contributed by atoms with E-state index in [2.05, 4.69) is 5.32 Å². The highest BCUT2D eigenvalue weighted by Gasteiger charge is 2.27. The minimum Gasteiger partial charge on any atom is -0.493 e. The molecule has 0 radical (unpaired) electrons. The van der Waals surface area contributed by atoms with Crippen LogP contribution in [0.5, 0.6) is 11.5 Å². The molecule has 26 heavy (non-hydrogen) atoms. The molecule has 2 atom stereocenters. The summed E-state index contributed by atoms with van der Waals surface area (Å²) in [5.74, 6) is 0.684. The number of carbonyl (C=O) groups is 2. The Hall–Kier alpha value is -2.50. The fourth-order valence-corrected chi connectivity index (χ4v) is 2.84. The van der Waals surface area contributed by atoms with E-state index in [1.807, 2.05) is 26.0 Å². The number of rotatable bonds is 7. The fraction of sp³-hybridized carbons (Fsp3) is 0.500. The van der Waals surface area contributed by atoms with Crippen molar-refractivity contribution in [2.45, 2.75) is 58.3 Å². The molecule has 1 heterocycles. The molecule has 1 aliphatic heterocycles. The first-order chi connectivity index (χ1) is 12.5. The first-order valence-electron chi connectivity index (χ1n) is 9.11. The molecule has 2 aliphatic rings. The Morgan fingerprint density at radius 2 is 2.15 bits per heavy atom. The van der Waals surface area contributed by atoms with Crippen LogP contribution < -0.4 is 14.8 Å². The van der Waals surface area contributed by atoms with Crippen LogP contribution in [-0.2, 0) is 20.7 Å². The zero-order valence-electron chi connectivity index (χ0n) is 15.4. The van der Waals surface area contributed by atoms with Crippen LogP contribution in [0.25, 0.3) is 6.08 Å². The SMILES string of the molecule is CCOc1cc2c(cc1/C=C/C(=O)O[C@H](C)C(=O)NC1CC1)O[C@H](C)C2. The van der Waals surface area contributed by atoms with Crippen LogP contribution in [0.4, 0.5) is 0 Å². The standard InChI is InChI=1S/C20H25NO5/c1-4-24-17-11-15-9-12(2)25-18(15)10-14(17)5-8-19(22)26-13(3)20(23)21-16-6-7-16/h5,8,10-13,16H,4,6-7,9H2,1-3H3,(H,21,23)/b8-5+/t12-,13-/m1/s1. The van der Waals surface area contributed by atoms with Gasteiger partial charge in [0.15, 0.2) is 6.10 Å². The van der Waals surface area contributed by atoms with Gasteiger partial charge in [0, 0.05) is 29.7 Å². The van der Waals surface area contributed by atoms with Crippen molar-refractivity contribution in [1.29, 1.82) is 0 Å². The normalized spacial score (nSPS) is 19.6. The van der Waals surface area contributed by atoms with E-state index in [-0.39, 0.29) is 18.1 Å². The lowest BCUT2D eigenvalue weighted by Crippen LogP contribution is -2.36. The maximum atomic E-state index is 12.0. The second-order valence-corrected chi connectivity index (χ2v) is 6.76. The molecule has 3 rings (SSSR count). The van der Waals surface area contributed by atoms with Gasteiger partial charge in [-0.2, -0.15) is 0 Å². The average Bonchev–Trinajstić information content (AvgIpc) is 3.32. The number of fused-ring (bicyclic) bond motifs is 1. The van der Waals surface area contributed by atoms with Crippen molar-refractivity contribution in [2.75, 3.05) is 6.61 Å². The van der Waals surface area contributed by atoms with Crippen molar-refractivity contribution in [3.8, 4) is 11.5 Å². The smallest absolute Gasteiger partial charge is 0.331 e. The quantitative estimate of drug-likeness (QED) is 0.598. The number of nitrogens with one attached hydrogen (secondary N) is 1. The molecule has 0 aromatic heterocycles. The Labute approximate surface area is 153 Å². The monoisotopic (exact) mass is 359 g/mol. The molecular formula is C20H25NO5. The van der Waals surface area contributed by atoms with Crippen molar-refractivity contribution < 1.29 is 23.8 Å². The Kier molecular flexibility index (Phi) is 5.49. The van der Waals surface area contributed by atoms with Gasteiger partial charge in [-0.1, -0.05) is 0 Å². The van der Waals surface area contributed by atoms with Gasteiger partial charge in [0.05, 0.1) is 6.61 Å². The lowest BCUT2D eigenvalue weighted by molar-refractivity contribution is -0.150. The second kappa shape index (κ2) is 7.81. The van der Waals surface area contributed by atoms with Crippen LogP contribution in [-0.4, -0.2) is 36.7 Å². The van der Waals surface area contributed by atoms with Crippen LogP contribution in [0.3, 0.4) is 0 Å². The predicted octanol–water partition coefficient (Wildman–Crippen LogP) is 2.63. The molecule has 1 saturated carbocycles. The van der Waals surface area contributed by atoms with Crippen LogP contribution in [0, 0.1) is 0 Å². The third-order valence-corrected chi connectivity index (χ3v) is 4.31. The number of amides is 1. The summed E-state index contributed by atoms with van der Waals surface area (Å²) in [6.07, 6.45) is 5.08. The average molecular weight is 359 g/mol. The van der Waals surface area contributed by atoms with E-state index in [0.717, 1.165) is 36.1 Å². The topological polar surface area (TPSA) is 73.9 Å². The Morgan fingerprint density at radius 3 is 2.85 bits per heavy atom. The zero-order valence-corrected chi connectivity index (χ0v) is 15.4. The second-order valence-electron chi connectivity index (χ2n) is 6.76. The summed E-state index contributed by atoms with van der Waals surface area (Å²) in [5, 5.41) is 2.81. The van der Waals surface area contributed by atoms with Crippen LogP contribution in [0.1, 0.15) is 44.7 Å². The Morgan fingerprint density at radius 1 is 1.38 bits per heavy atom. The summed E-state index contributed by atoms with van der Waals surface area (Å²) in [5.41, 5.74) is 1.85. The molecular weight excluding hydrogens is 334 g/mol. The van der Waals surface area contributed by atoms with E-state index in [4.69, 9.17) is 14.2 Å². The number of benzene rings is 1. The van der Waals surface area contributed by atoms with Gasteiger partial charge >= 0.3 is 5.97 Å². The van der Waals surface area contributed by atoms with Gasteiger partial charge in [0.2, 0.25) is 0 Å². The van der Waals surface area contributed by atoms with E-state index < -0.39 is 12.1 Å². The summed E-state index contributed by atoms with van der Waals surface area (Å²) in [6.45, 7) is 6.02. The summed E-state index contributed by atoms with van der Waals surface area (Å²) < 4.78 is 16.6. The number of hydrogen-bond donors (Lipinski definition) is 1. The molecule has 140 valence electrons. The maximum absolute atomic E-state index is 12.0. The molecule has 1 aliphatic carbocycles. The Balaban J connectivity index is 1.65. The molecule has 1 N–H and O–H groups in total. The Bertz CT molecular complexity index is 723.